The zero-order valence-electron chi connectivity index (χ0n) is 11.8. The quantitative estimate of drug-likeness (QED) is 0.862. The minimum Gasteiger partial charge on any atom is -0.370 e. The van der Waals surface area contributed by atoms with Gasteiger partial charge in [0.25, 0.3) is 0 Å². The number of carbonyl (C=O) groups excluding carboxylic acids is 2. The Balaban J connectivity index is 2.03. The van der Waals surface area contributed by atoms with Crippen LogP contribution < -0.4 is 10.2 Å². The number of carbonyl (C=O) groups is 2. The molecule has 1 saturated heterocycles. The molecule has 0 aromatic heterocycles. The topological polar surface area (TPSA) is 49.4 Å². The minimum absolute atomic E-state index is 0.0374. The molecule has 1 aliphatic rings. The number of piperidine rings is 1. The highest BCUT2D eigenvalue weighted by Crippen LogP contribution is 2.29. The van der Waals surface area contributed by atoms with Crippen LogP contribution in [0, 0.1) is 0 Å². The Hall–Kier alpha value is -1.36. The van der Waals surface area contributed by atoms with Crippen molar-refractivity contribution in [2.45, 2.75) is 32.7 Å². The lowest BCUT2D eigenvalue weighted by Gasteiger charge is -2.34. The first kappa shape index (κ1) is 15.0. The summed E-state index contributed by atoms with van der Waals surface area (Å²) >= 11 is 3.54. The summed E-state index contributed by atoms with van der Waals surface area (Å²) in [6, 6.07) is 6.00. The summed E-state index contributed by atoms with van der Waals surface area (Å²) in [5, 5.41) is 2.97. The summed E-state index contributed by atoms with van der Waals surface area (Å²) < 4.78 is 0.947. The number of Topliss-reactive ketones (excluding diaryl/α,β-unsaturated/α-hetero) is 1. The number of halogens is 1. The lowest BCUT2D eigenvalue weighted by Crippen LogP contribution is -2.44. The van der Waals surface area contributed by atoms with Crippen LogP contribution in [-0.4, -0.2) is 30.8 Å². The highest BCUT2D eigenvalue weighted by atomic mass is 79.9. The molecule has 1 amide bonds. The van der Waals surface area contributed by atoms with E-state index >= 15 is 0 Å². The van der Waals surface area contributed by atoms with Crippen molar-refractivity contribution in [3.05, 3.63) is 28.2 Å². The third-order valence-corrected chi connectivity index (χ3v) is 4.23. The van der Waals surface area contributed by atoms with Crippen molar-refractivity contribution in [2.75, 3.05) is 18.0 Å². The summed E-state index contributed by atoms with van der Waals surface area (Å²) in [5.74, 6) is 0.108. The normalized spacial score (nSPS) is 16.1. The maximum Gasteiger partial charge on any atom is 0.217 e. The molecule has 20 heavy (non-hydrogen) atoms. The monoisotopic (exact) mass is 338 g/mol. The molecule has 1 heterocycles. The van der Waals surface area contributed by atoms with Gasteiger partial charge in [0, 0.05) is 36.1 Å². The predicted molar refractivity (Wildman–Crippen MR) is 83.2 cm³/mol. The highest BCUT2D eigenvalue weighted by Gasteiger charge is 2.21. The first-order valence-electron chi connectivity index (χ1n) is 6.80. The smallest absolute Gasteiger partial charge is 0.217 e. The number of amides is 1. The number of rotatable bonds is 3. The number of nitrogens with zero attached hydrogens (tertiary/aromatic N) is 1. The van der Waals surface area contributed by atoms with Crippen LogP contribution in [0.2, 0.25) is 0 Å². The molecule has 1 aromatic rings. The minimum atomic E-state index is 0.0374. The van der Waals surface area contributed by atoms with Crippen LogP contribution in [0.1, 0.15) is 37.0 Å². The summed E-state index contributed by atoms with van der Waals surface area (Å²) in [5.41, 5.74) is 1.82. The maximum atomic E-state index is 11.4. The van der Waals surface area contributed by atoms with E-state index in [0.29, 0.717) is 5.56 Å². The molecule has 4 nitrogen and oxygen atoms in total. The third-order valence-electron chi connectivity index (χ3n) is 3.60. The lowest BCUT2D eigenvalue weighted by molar-refractivity contribution is -0.119. The van der Waals surface area contributed by atoms with Gasteiger partial charge in [0.2, 0.25) is 5.91 Å². The molecule has 1 N–H and O–H groups in total. The molecule has 5 heteroatoms. The summed E-state index contributed by atoms with van der Waals surface area (Å²) in [4.78, 5) is 24.7. The highest BCUT2D eigenvalue weighted by molar-refractivity contribution is 9.10. The van der Waals surface area contributed by atoms with E-state index in [0.717, 1.165) is 36.1 Å². The zero-order chi connectivity index (χ0) is 14.7. The number of nitrogens with one attached hydrogen (secondary N) is 1. The number of ketones is 1. The molecule has 1 aliphatic heterocycles. The first-order valence-corrected chi connectivity index (χ1v) is 7.59. The standard InChI is InChI=1S/C15H19BrN2O2/c1-10(19)12-3-4-15(14(16)9-12)18-7-5-13(6-8-18)17-11(2)20/h3-4,9,13H,5-8H2,1-2H3,(H,17,20). The van der Waals surface area contributed by atoms with Crippen LogP contribution in [0.15, 0.2) is 22.7 Å². The predicted octanol–water partition coefficient (Wildman–Crippen LogP) is 2.76. The molecular formula is C15H19BrN2O2. The van der Waals surface area contributed by atoms with E-state index < -0.39 is 0 Å². The first-order chi connectivity index (χ1) is 9.47. The molecule has 0 aliphatic carbocycles. The fraction of sp³-hybridized carbons (Fsp3) is 0.467. The van der Waals surface area contributed by atoms with Gasteiger partial charge in [-0.15, -0.1) is 0 Å². The molecule has 0 bridgehead atoms. The Morgan fingerprint density at radius 1 is 1.25 bits per heavy atom. The molecule has 1 fully saturated rings. The molecule has 0 unspecified atom stereocenters. The van der Waals surface area contributed by atoms with Crippen molar-refractivity contribution in [1.82, 2.24) is 5.32 Å². The average molecular weight is 339 g/mol. The van der Waals surface area contributed by atoms with Crippen LogP contribution in [0.3, 0.4) is 0 Å². The van der Waals surface area contributed by atoms with Crippen molar-refractivity contribution < 1.29 is 9.59 Å². The largest absolute Gasteiger partial charge is 0.370 e. The second kappa shape index (κ2) is 6.39. The van der Waals surface area contributed by atoms with Gasteiger partial charge in [-0.05, 0) is 53.9 Å². The van der Waals surface area contributed by atoms with Crippen molar-refractivity contribution >= 4 is 33.3 Å². The maximum absolute atomic E-state index is 11.4. The number of hydrogen-bond acceptors (Lipinski definition) is 3. The summed E-state index contributed by atoms with van der Waals surface area (Å²) in [6.07, 6.45) is 1.89. The Labute approximate surface area is 127 Å². The van der Waals surface area contributed by atoms with E-state index in [2.05, 4.69) is 26.1 Å². The van der Waals surface area contributed by atoms with Gasteiger partial charge in [0.05, 0.1) is 5.69 Å². The summed E-state index contributed by atoms with van der Waals surface area (Å²) in [6.45, 7) is 4.94. The Kier molecular flexibility index (Phi) is 4.81. The van der Waals surface area contributed by atoms with Gasteiger partial charge in [-0.25, -0.2) is 0 Å². The Morgan fingerprint density at radius 2 is 1.90 bits per heavy atom. The number of hydrogen-bond donors (Lipinski definition) is 1. The molecule has 2 rings (SSSR count). The molecular weight excluding hydrogens is 320 g/mol. The number of anilines is 1. The fourth-order valence-corrected chi connectivity index (χ4v) is 3.16. The van der Waals surface area contributed by atoms with Gasteiger partial charge >= 0.3 is 0 Å². The van der Waals surface area contributed by atoms with Gasteiger partial charge < -0.3 is 10.2 Å². The van der Waals surface area contributed by atoms with E-state index in [4.69, 9.17) is 0 Å². The number of benzene rings is 1. The van der Waals surface area contributed by atoms with Crippen molar-refractivity contribution in [3.63, 3.8) is 0 Å². The molecule has 0 spiro atoms. The van der Waals surface area contributed by atoms with E-state index in [1.165, 1.54) is 0 Å². The van der Waals surface area contributed by atoms with Crippen LogP contribution in [0.4, 0.5) is 5.69 Å². The van der Waals surface area contributed by atoms with E-state index in [1.807, 2.05) is 18.2 Å². The SMILES string of the molecule is CC(=O)NC1CCN(c2ccc(C(C)=O)cc2Br)CC1. The average Bonchev–Trinajstić information content (AvgIpc) is 2.39. The molecule has 0 saturated carbocycles. The van der Waals surface area contributed by atoms with Crippen molar-refractivity contribution in [2.24, 2.45) is 0 Å². The van der Waals surface area contributed by atoms with Gasteiger partial charge in [-0.2, -0.15) is 0 Å². The van der Waals surface area contributed by atoms with Gasteiger partial charge in [0.15, 0.2) is 5.78 Å². The van der Waals surface area contributed by atoms with Crippen LogP contribution in [0.5, 0.6) is 0 Å². The van der Waals surface area contributed by atoms with Crippen molar-refractivity contribution in [3.8, 4) is 0 Å². The summed E-state index contributed by atoms with van der Waals surface area (Å²) in [7, 11) is 0. The van der Waals surface area contributed by atoms with Crippen LogP contribution >= 0.6 is 15.9 Å². The lowest BCUT2D eigenvalue weighted by atomic mass is 10.0. The van der Waals surface area contributed by atoms with Crippen molar-refractivity contribution in [1.29, 1.82) is 0 Å². The second-order valence-corrected chi connectivity index (χ2v) is 6.04. The molecule has 0 atom stereocenters. The van der Waals surface area contributed by atoms with Gasteiger partial charge in [-0.1, -0.05) is 0 Å². The van der Waals surface area contributed by atoms with E-state index in [9.17, 15) is 9.59 Å². The Bertz CT molecular complexity index is 523. The van der Waals surface area contributed by atoms with E-state index in [1.54, 1.807) is 13.8 Å². The van der Waals surface area contributed by atoms with Crippen LogP contribution in [0.25, 0.3) is 0 Å². The second-order valence-electron chi connectivity index (χ2n) is 5.18. The van der Waals surface area contributed by atoms with Gasteiger partial charge in [-0.3, -0.25) is 9.59 Å². The third kappa shape index (κ3) is 3.60. The van der Waals surface area contributed by atoms with E-state index in [-0.39, 0.29) is 17.7 Å². The fourth-order valence-electron chi connectivity index (χ4n) is 2.53. The molecule has 1 aromatic carbocycles. The zero-order valence-corrected chi connectivity index (χ0v) is 13.4. The van der Waals surface area contributed by atoms with Crippen LogP contribution in [-0.2, 0) is 4.79 Å². The Morgan fingerprint density at radius 3 is 2.40 bits per heavy atom. The van der Waals surface area contributed by atoms with Gasteiger partial charge in [0.1, 0.15) is 0 Å². The molecule has 108 valence electrons. The molecule has 0 radical (unpaired) electrons.